The highest BCUT2D eigenvalue weighted by atomic mass is 16.4. The molecule has 0 aliphatic heterocycles. The zero-order valence-corrected chi connectivity index (χ0v) is 7.24. The first-order valence-corrected chi connectivity index (χ1v) is 3.91. The molecule has 4 nitrogen and oxygen atoms in total. The van der Waals surface area contributed by atoms with Crippen molar-refractivity contribution in [1.82, 2.24) is 9.78 Å². The summed E-state index contributed by atoms with van der Waals surface area (Å²) < 4.78 is 1.54. The molecule has 0 aromatic carbocycles. The summed E-state index contributed by atoms with van der Waals surface area (Å²) in [5.74, 6) is -0.945. The molecule has 0 amide bonds. The van der Waals surface area contributed by atoms with E-state index in [1.54, 1.807) is 13.2 Å². The molecule has 0 saturated carbocycles. The van der Waals surface area contributed by atoms with E-state index in [9.17, 15) is 4.79 Å². The van der Waals surface area contributed by atoms with Crippen LogP contribution >= 0.6 is 0 Å². The lowest BCUT2D eigenvalue weighted by Crippen LogP contribution is -2.01. The monoisotopic (exact) mass is 168 g/mol. The maximum absolute atomic E-state index is 10.6. The summed E-state index contributed by atoms with van der Waals surface area (Å²) in [5, 5.41) is 12.6. The fourth-order valence-electron chi connectivity index (χ4n) is 1.17. The molecule has 1 aromatic heterocycles. The minimum absolute atomic E-state index is 0.180. The maximum Gasteiger partial charge on any atom is 0.356 e. The highest BCUT2D eigenvalue weighted by molar-refractivity contribution is 5.86. The molecule has 0 unspecified atom stereocenters. The van der Waals surface area contributed by atoms with Gasteiger partial charge in [-0.1, -0.05) is 13.3 Å². The molecule has 0 atom stereocenters. The van der Waals surface area contributed by atoms with Crippen LogP contribution in [0.15, 0.2) is 6.20 Å². The van der Waals surface area contributed by atoms with Crippen LogP contribution in [0, 0.1) is 0 Å². The topological polar surface area (TPSA) is 55.1 Å². The van der Waals surface area contributed by atoms with Gasteiger partial charge in [-0.3, -0.25) is 4.68 Å². The zero-order chi connectivity index (χ0) is 9.14. The predicted molar refractivity (Wildman–Crippen MR) is 44.2 cm³/mol. The number of carboxylic acids is 1. The van der Waals surface area contributed by atoms with Gasteiger partial charge in [0.15, 0.2) is 5.69 Å². The van der Waals surface area contributed by atoms with Crippen molar-refractivity contribution in [2.75, 3.05) is 0 Å². The first-order valence-electron chi connectivity index (χ1n) is 3.91. The average Bonchev–Trinajstić information content (AvgIpc) is 2.32. The molecule has 0 aliphatic carbocycles. The standard InChI is InChI=1S/C8H12N2O2/c1-3-4-6-5-10(2)9-7(6)8(11)12/h5H,3-4H2,1-2H3,(H,11,12). The summed E-state index contributed by atoms with van der Waals surface area (Å²) in [6.07, 6.45) is 3.47. The number of nitrogens with zero attached hydrogens (tertiary/aromatic N) is 2. The van der Waals surface area contributed by atoms with Crippen LogP contribution < -0.4 is 0 Å². The van der Waals surface area contributed by atoms with Gasteiger partial charge in [0.2, 0.25) is 0 Å². The van der Waals surface area contributed by atoms with Crippen molar-refractivity contribution in [3.05, 3.63) is 17.5 Å². The molecule has 0 fully saturated rings. The molecule has 0 bridgehead atoms. The van der Waals surface area contributed by atoms with Gasteiger partial charge in [-0.2, -0.15) is 5.10 Å². The fourth-order valence-corrected chi connectivity index (χ4v) is 1.17. The summed E-state index contributed by atoms with van der Waals surface area (Å²) in [5.41, 5.74) is 0.992. The zero-order valence-electron chi connectivity index (χ0n) is 7.24. The van der Waals surface area contributed by atoms with Crippen LogP contribution in [-0.4, -0.2) is 20.9 Å². The molecule has 1 aromatic rings. The van der Waals surface area contributed by atoms with Gasteiger partial charge in [-0.15, -0.1) is 0 Å². The molecule has 0 spiro atoms. The quantitative estimate of drug-likeness (QED) is 0.734. The third-order valence-corrected chi connectivity index (χ3v) is 1.63. The lowest BCUT2D eigenvalue weighted by atomic mass is 10.1. The first-order chi connectivity index (χ1) is 5.65. The number of aromatic nitrogens is 2. The normalized spacial score (nSPS) is 10.2. The van der Waals surface area contributed by atoms with E-state index in [2.05, 4.69) is 5.10 Å². The van der Waals surface area contributed by atoms with Crippen LogP contribution in [-0.2, 0) is 13.5 Å². The van der Waals surface area contributed by atoms with E-state index in [0.29, 0.717) is 0 Å². The van der Waals surface area contributed by atoms with Gasteiger partial charge in [-0.25, -0.2) is 4.79 Å². The number of aromatic carboxylic acids is 1. The van der Waals surface area contributed by atoms with E-state index in [0.717, 1.165) is 18.4 Å². The number of carbonyl (C=O) groups is 1. The van der Waals surface area contributed by atoms with Gasteiger partial charge in [0, 0.05) is 18.8 Å². The van der Waals surface area contributed by atoms with E-state index in [1.165, 1.54) is 4.68 Å². The van der Waals surface area contributed by atoms with Crippen molar-refractivity contribution >= 4 is 5.97 Å². The second-order valence-corrected chi connectivity index (χ2v) is 2.73. The lowest BCUT2D eigenvalue weighted by molar-refractivity contribution is 0.0688. The van der Waals surface area contributed by atoms with Gasteiger partial charge in [0.25, 0.3) is 0 Å². The van der Waals surface area contributed by atoms with Crippen LogP contribution in [0.25, 0.3) is 0 Å². The van der Waals surface area contributed by atoms with Gasteiger partial charge in [-0.05, 0) is 6.42 Å². The van der Waals surface area contributed by atoms with Gasteiger partial charge in [0.1, 0.15) is 0 Å². The van der Waals surface area contributed by atoms with Crippen molar-refractivity contribution in [3.63, 3.8) is 0 Å². The van der Waals surface area contributed by atoms with Gasteiger partial charge >= 0.3 is 5.97 Å². The Kier molecular flexibility index (Phi) is 2.47. The molecule has 0 aliphatic rings. The maximum atomic E-state index is 10.6. The smallest absolute Gasteiger partial charge is 0.356 e. The fraction of sp³-hybridized carbons (Fsp3) is 0.500. The average molecular weight is 168 g/mol. The Morgan fingerprint density at radius 3 is 2.92 bits per heavy atom. The Balaban J connectivity index is 2.99. The minimum Gasteiger partial charge on any atom is -0.476 e. The van der Waals surface area contributed by atoms with E-state index in [4.69, 9.17) is 5.11 Å². The molecular weight excluding hydrogens is 156 g/mol. The van der Waals surface area contributed by atoms with Gasteiger partial charge in [0.05, 0.1) is 0 Å². The van der Waals surface area contributed by atoms with Crippen molar-refractivity contribution in [3.8, 4) is 0 Å². The SMILES string of the molecule is CCCc1cn(C)nc1C(=O)O. The van der Waals surface area contributed by atoms with E-state index < -0.39 is 5.97 Å². The van der Waals surface area contributed by atoms with Crippen LogP contribution in [0.5, 0.6) is 0 Å². The largest absolute Gasteiger partial charge is 0.476 e. The number of hydrogen-bond donors (Lipinski definition) is 1. The first kappa shape index (κ1) is 8.77. The second-order valence-electron chi connectivity index (χ2n) is 2.73. The van der Waals surface area contributed by atoms with E-state index >= 15 is 0 Å². The molecule has 1 N–H and O–H groups in total. The van der Waals surface area contributed by atoms with Crippen molar-refractivity contribution < 1.29 is 9.90 Å². The van der Waals surface area contributed by atoms with E-state index in [-0.39, 0.29) is 5.69 Å². The summed E-state index contributed by atoms with van der Waals surface area (Å²) in [7, 11) is 1.73. The predicted octanol–water partition coefficient (Wildman–Crippen LogP) is 1.07. The molecule has 12 heavy (non-hydrogen) atoms. The number of rotatable bonds is 3. The summed E-state index contributed by atoms with van der Waals surface area (Å²) in [6.45, 7) is 2.01. The molecule has 4 heteroatoms. The number of hydrogen-bond acceptors (Lipinski definition) is 2. The molecule has 1 heterocycles. The number of aryl methyl sites for hydroxylation is 2. The number of carboxylic acid groups (broad SMARTS) is 1. The molecular formula is C8H12N2O2. The molecule has 0 saturated heterocycles. The minimum atomic E-state index is -0.945. The second kappa shape index (κ2) is 3.38. The van der Waals surface area contributed by atoms with E-state index in [1.807, 2.05) is 6.92 Å². The molecule has 0 radical (unpaired) electrons. The van der Waals surface area contributed by atoms with Crippen LogP contribution in [0.2, 0.25) is 0 Å². The van der Waals surface area contributed by atoms with Crippen molar-refractivity contribution in [1.29, 1.82) is 0 Å². The Bertz CT molecular complexity index is 291. The third kappa shape index (κ3) is 1.64. The van der Waals surface area contributed by atoms with Crippen LogP contribution in [0.1, 0.15) is 29.4 Å². The highest BCUT2D eigenvalue weighted by Crippen LogP contribution is 2.08. The molecule has 66 valence electrons. The Hall–Kier alpha value is -1.32. The van der Waals surface area contributed by atoms with Crippen LogP contribution in [0.4, 0.5) is 0 Å². The van der Waals surface area contributed by atoms with Crippen molar-refractivity contribution in [2.45, 2.75) is 19.8 Å². The summed E-state index contributed by atoms with van der Waals surface area (Å²) in [6, 6.07) is 0. The van der Waals surface area contributed by atoms with Crippen LogP contribution in [0.3, 0.4) is 0 Å². The van der Waals surface area contributed by atoms with Gasteiger partial charge < -0.3 is 5.11 Å². The summed E-state index contributed by atoms with van der Waals surface area (Å²) >= 11 is 0. The highest BCUT2D eigenvalue weighted by Gasteiger charge is 2.13. The molecule has 1 rings (SSSR count). The Morgan fingerprint density at radius 1 is 1.75 bits per heavy atom. The lowest BCUT2D eigenvalue weighted by Gasteiger charge is -1.92. The Morgan fingerprint density at radius 2 is 2.42 bits per heavy atom. The summed E-state index contributed by atoms with van der Waals surface area (Å²) in [4.78, 5) is 10.6. The van der Waals surface area contributed by atoms with Crippen molar-refractivity contribution in [2.24, 2.45) is 7.05 Å². The Labute approximate surface area is 70.8 Å². The third-order valence-electron chi connectivity index (χ3n) is 1.63.